The summed E-state index contributed by atoms with van der Waals surface area (Å²) in [6.07, 6.45) is 3.59. The van der Waals surface area contributed by atoms with Crippen molar-refractivity contribution in [1.82, 2.24) is 9.80 Å². The molecular formula is C13H21N3O. The number of nitrogens with zero attached hydrogens (tertiary/aromatic N) is 3. The Labute approximate surface area is 103 Å². The van der Waals surface area contributed by atoms with Gasteiger partial charge in [0.2, 0.25) is 5.91 Å². The third-order valence-corrected chi connectivity index (χ3v) is 4.32. The molecule has 1 amide bonds. The van der Waals surface area contributed by atoms with Crippen molar-refractivity contribution in [3.8, 4) is 6.07 Å². The zero-order chi connectivity index (χ0) is 12.5. The molecule has 0 aliphatic carbocycles. The van der Waals surface area contributed by atoms with Crippen LogP contribution in [-0.2, 0) is 4.79 Å². The number of likely N-dealkylation sites (N-methyl/N-ethyl adjacent to an activating group) is 1. The highest BCUT2D eigenvalue weighted by molar-refractivity contribution is 5.82. The highest BCUT2D eigenvalue weighted by Crippen LogP contribution is 2.39. The first kappa shape index (κ1) is 12.4. The molecule has 0 saturated carbocycles. The van der Waals surface area contributed by atoms with Gasteiger partial charge in [0.15, 0.2) is 0 Å². The van der Waals surface area contributed by atoms with Gasteiger partial charge in [-0.25, -0.2) is 0 Å². The maximum atomic E-state index is 12.1. The van der Waals surface area contributed by atoms with Crippen molar-refractivity contribution in [2.75, 3.05) is 19.6 Å². The van der Waals surface area contributed by atoms with Crippen molar-refractivity contribution in [1.29, 1.82) is 5.26 Å². The number of nitriles is 1. The number of rotatable bonds is 3. The van der Waals surface area contributed by atoms with Gasteiger partial charge in [-0.2, -0.15) is 5.26 Å². The molecule has 17 heavy (non-hydrogen) atoms. The second-order valence-corrected chi connectivity index (χ2v) is 4.98. The molecule has 0 radical (unpaired) electrons. The average molecular weight is 235 g/mol. The van der Waals surface area contributed by atoms with Crippen LogP contribution in [0.1, 0.15) is 39.5 Å². The summed E-state index contributed by atoms with van der Waals surface area (Å²) < 4.78 is 0. The van der Waals surface area contributed by atoms with Crippen molar-refractivity contribution in [3.05, 3.63) is 0 Å². The first-order valence-electron chi connectivity index (χ1n) is 6.65. The SMILES string of the molecule is CCN(CC)C1(C#N)CC(=O)N2CCCCC21. The van der Waals surface area contributed by atoms with Gasteiger partial charge < -0.3 is 4.90 Å². The predicted octanol–water partition coefficient (Wildman–Crippen LogP) is 1.38. The van der Waals surface area contributed by atoms with Crippen molar-refractivity contribution in [3.63, 3.8) is 0 Å². The summed E-state index contributed by atoms with van der Waals surface area (Å²) in [4.78, 5) is 16.2. The minimum atomic E-state index is -0.568. The minimum Gasteiger partial charge on any atom is -0.337 e. The fourth-order valence-corrected chi connectivity index (χ4v) is 3.47. The van der Waals surface area contributed by atoms with Crippen molar-refractivity contribution in [2.24, 2.45) is 0 Å². The molecule has 2 rings (SSSR count). The summed E-state index contributed by atoms with van der Waals surface area (Å²) in [7, 11) is 0. The zero-order valence-electron chi connectivity index (χ0n) is 10.8. The Bertz CT molecular complexity index is 345. The monoisotopic (exact) mass is 235 g/mol. The molecule has 2 fully saturated rings. The van der Waals surface area contributed by atoms with Gasteiger partial charge in [-0.1, -0.05) is 13.8 Å². The lowest BCUT2D eigenvalue weighted by atomic mass is 9.85. The molecule has 0 N–H and O–H groups in total. The zero-order valence-corrected chi connectivity index (χ0v) is 10.8. The molecule has 0 aromatic carbocycles. The second-order valence-electron chi connectivity index (χ2n) is 4.98. The predicted molar refractivity (Wildman–Crippen MR) is 65.2 cm³/mol. The molecule has 2 aliphatic rings. The van der Waals surface area contributed by atoms with E-state index in [0.29, 0.717) is 6.42 Å². The quantitative estimate of drug-likeness (QED) is 0.742. The van der Waals surface area contributed by atoms with E-state index in [0.717, 1.165) is 38.9 Å². The molecule has 0 aromatic heterocycles. The molecule has 2 heterocycles. The normalized spacial score (nSPS) is 32.7. The molecule has 0 spiro atoms. The molecule has 2 unspecified atom stereocenters. The lowest BCUT2D eigenvalue weighted by Gasteiger charge is -2.42. The topological polar surface area (TPSA) is 47.3 Å². The molecular weight excluding hydrogens is 214 g/mol. The Morgan fingerprint density at radius 2 is 2.18 bits per heavy atom. The van der Waals surface area contributed by atoms with Crippen LogP contribution < -0.4 is 0 Å². The summed E-state index contributed by atoms with van der Waals surface area (Å²) >= 11 is 0. The van der Waals surface area contributed by atoms with Crippen LogP contribution in [0, 0.1) is 11.3 Å². The summed E-state index contributed by atoms with van der Waals surface area (Å²) in [5, 5.41) is 9.64. The first-order chi connectivity index (χ1) is 8.19. The average Bonchev–Trinajstić information content (AvgIpc) is 2.66. The van der Waals surface area contributed by atoms with Crippen LogP contribution in [0.15, 0.2) is 0 Å². The fraction of sp³-hybridized carbons (Fsp3) is 0.846. The van der Waals surface area contributed by atoms with E-state index in [1.807, 2.05) is 4.90 Å². The first-order valence-corrected chi connectivity index (χ1v) is 6.65. The fourth-order valence-electron chi connectivity index (χ4n) is 3.47. The van der Waals surface area contributed by atoms with Crippen molar-refractivity contribution >= 4 is 5.91 Å². The largest absolute Gasteiger partial charge is 0.337 e. The number of fused-ring (bicyclic) bond motifs is 1. The van der Waals surface area contributed by atoms with E-state index >= 15 is 0 Å². The molecule has 2 atom stereocenters. The van der Waals surface area contributed by atoms with E-state index in [1.165, 1.54) is 0 Å². The van der Waals surface area contributed by atoms with E-state index < -0.39 is 5.54 Å². The number of carbonyl (C=O) groups excluding carboxylic acids is 1. The highest BCUT2D eigenvalue weighted by Gasteiger charge is 2.55. The number of hydrogen-bond acceptors (Lipinski definition) is 3. The molecule has 4 nitrogen and oxygen atoms in total. The smallest absolute Gasteiger partial charge is 0.225 e. The van der Waals surface area contributed by atoms with E-state index in [-0.39, 0.29) is 11.9 Å². The summed E-state index contributed by atoms with van der Waals surface area (Å²) in [6.45, 7) is 6.65. The molecule has 0 aromatic rings. The van der Waals surface area contributed by atoms with Crippen LogP contribution in [0.25, 0.3) is 0 Å². The van der Waals surface area contributed by atoms with E-state index in [1.54, 1.807) is 0 Å². The lowest BCUT2D eigenvalue weighted by molar-refractivity contribution is -0.129. The number of hydrogen-bond donors (Lipinski definition) is 0. The molecule has 4 heteroatoms. The number of piperidine rings is 1. The van der Waals surface area contributed by atoms with Gasteiger partial charge in [0.1, 0.15) is 5.54 Å². The van der Waals surface area contributed by atoms with Gasteiger partial charge in [0, 0.05) is 6.54 Å². The molecule has 2 saturated heterocycles. The van der Waals surface area contributed by atoms with Gasteiger partial charge >= 0.3 is 0 Å². The third kappa shape index (κ3) is 1.73. The van der Waals surface area contributed by atoms with Gasteiger partial charge in [-0.15, -0.1) is 0 Å². The van der Waals surface area contributed by atoms with Crippen molar-refractivity contribution in [2.45, 2.75) is 51.1 Å². The van der Waals surface area contributed by atoms with E-state index in [9.17, 15) is 10.1 Å². The molecule has 0 bridgehead atoms. The summed E-state index contributed by atoms with van der Waals surface area (Å²) in [6, 6.07) is 2.59. The Kier molecular flexibility index (Phi) is 3.39. The summed E-state index contributed by atoms with van der Waals surface area (Å²) in [5.74, 6) is 0.170. The van der Waals surface area contributed by atoms with Crippen LogP contribution >= 0.6 is 0 Å². The van der Waals surface area contributed by atoms with Crippen molar-refractivity contribution < 1.29 is 4.79 Å². The number of carbonyl (C=O) groups is 1. The van der Waals surface area contributed by atoms with Crippen LogP contribution in [0.3, 0.4) is 0 Å². The van der Waals surface area contributed by atoms with Crippen LogP contribution in [-0.4, -0.2) is 46.9 Å². The minimum absolute atomic E-state index is 0.119. The maximum absolute atomic E-state index is 12.1. The van der Waals surface area contributed by atoms with Crippen LogP contribution in [0.2, 0.25) is 0 Å². The van der Waals surface area contributed by atoms with Crippen LogP contribution in [0.4, 0.5) is 0 Å². The Balaban J connectivity index is 2.34. The highest BCUT2D eigenvalue weighted by atomic mass is 16.2. The summed E-state index contributed by atoms with van der Waals surface area (Å²) in [5.41, 5.74) is -0.568. The van der Waals surface area contributed by atoms with Crippen LogP contribution in [0.5, 0.6) is 0 Å². The van der Waals surface area contributed by atoms with Gasteiger partial charge in [-0.05, 0) is 32.4 Å². The van der Waals surface area contributed by atoms with Gasteiger partial charge in [-0.3, -0.25) is 9.69 Å². The standard InChI is InChI=1S/C13H21N3O/c1-3-15(4-2)13(10-14)9-12(17)16-8-6-5-7-11(13)16/h11H,3-9H2,1-2H3. The third-order valence-electron chi connectivity index (χ3n) is 4.32. The molecule has 94 valence electrons. The maximum Gasteiger partial charge on any atom is 0.225 e. The van der Waals surface area contributed by atoms with E-state index in [2.05, 4.69) is 24.8 Å². The number of amides is 1. The Morgan fingerprint density at radius 3 is 2.76 bits per heavy atom. The van der Waals surface area contributed by atoms with Gasteiger partial charge in [0.05, 0.1) is 18.5 Å². The van der Waals surface area contributed by atoms with Gasteiger partial charge in [0.25, 0.3) is 0 Å². The lowest BCUT2D eigenvalue weighted by Crippen LogP contribution is -2.57. The second kappa shape index (κ2) is 4.66. The Morgan fingerprint density at radius 1 is 1.47 bits per heavy atom. The Hall–Kier alpha value is -1.08. The van der Waals surface area contributed by atoms with E-state index in [4.69, 9.17) is 0 Å². The molecule has 2 aliphatic heterocycles.